The van der Waals surface area contributed by atoms with Crippen molar-refractivity contribution in [1.82, 2.24) is 19.8 Å². The van der Waals surface area contributed by atoms with E-state index >= 15 is 0 Å². The number of nitrogens with one attached hydrogen (secondary N) is 2. The average Bonchev–Trinajstić information content (AvgIpc) is 3.99. The number of sulfonamides is 1. The van der Waals surface area contributed by atoms with E-state index in [2.05, 4.69) is 20.2 Å². The summed E-state index contributed by atoms with van der Waals surface area (Å²) in [6.45, 7) is 1.94. The highest BCUT2D eigenvalue weighted by atomic mass is 35.5. The maximum Gasteiger partial charge on any atom is 0.322 e. The molecule has 4 aliphatic rings. The molecule has 11 nitrogen and oxygen atoms in total. The lowest BCUT2D eigenvalue weighted by atomic mass is 9.99. The quantitative estimate of drug-likeness (QED) is 0.182. The molecule has 2 unspecified atom stereocenters. The van der Waals surface area contributed by atoms with Gasteiger partial charge in [0.15, 0.2) is 0 Å². The maximum absolute atomic E-state index is 13.6. The Morgan fingerprint density at radius 2 is 1.76 bits per heavy atom. The largest absolute Gasteiger partial charge is 0.373 e. The van der Waals surface area contributed by atoms with Gasteiger partial charge in [-0.3, -0.25) is 9.78 Å². The maximum atomic E-state index is 13.6. The number of carbonyl (C=O) groups is 2. The summed E-state index contributed by atoms with van der Waals surface area (Å²) in [7, 11) is -3.78. The fraction of sp³-hybridized carbons (Fsp3) is 0.429. The van der Waals surface area contributed by atoms with Crippen LogP contribution in [0.1, 0.15) is 85.9 Å². The van der Waals surface area contributed by atoms with Crippen LogP contribution < -0.4 is 10.0 Å². The SMILES string of the molecule is CC1(S(=O)(=O)NC(=O)c2cnc3ccc(NC(=O)N4C5CCC4CC(OCc4c(-c6c(Cl)cccc6Cl)noc4C4CC4)C5)cc3c2)CC1. The minimum atomic E-state index is -3.78. The van der Waals surface area contributed by atoms with Crippen molar-refractivity contribution in [2.75, 3.05) is 5.32 Å². The van der Waals surface area contributed by atoms with Crippen molar-refractivity contribution in [2.45, 2.75) is 93.7 Å². The van der Waals surface area contributed by atoms with Crippen LogP contribution in [0.4, 0.5) is 10.5 Å². The Hall–Kier alpha value is -3.71. The van der Waals surface area contributed by atoms with E-state index in [9.17, 15) is 18.0 Å². The number of nitrogens with zero attached hydrogens (tertiary/aromatic N) is 3. The molecule has 4 heterocycles. The Kier molecular flexibility index (Phi) is 8.13. The van der Waals surface area contributed by atoms with E-state index in [1.54, 1.807) is 49.4 Å². The zero-order chi connectivity index (χ0) is 34.1. The number of piperidine rings is 1. The van der Waals surface area contributed by atoms with Crippen LogP contribution in [-0.2, 0) is 21.4 Å². The van der Waals surface area contributed by atoms with Crippen LogP contribution in [0, 0.1) is 0 Å². The van der Waals surface area contributed by atoms with Gasteiger partial charge in [0.05, 0.1) is 38.6 Å². The Morgan fingerprint density at radius 1 is 1.04 bits per heavy atom. The van der Waals surface area contributed by atoms with E-state index in [1.807, 2.05) is 4.90 Å². The highest BCUT2D eigenvalue weighted by Gasteiger charge is 2.51. The van der Waals surface area contributed by atoms with Gasteiger partial charge < -0.3 is 19.5 Å². The zero-order valence-corrected chi connectivity index (χ0v) is 29.1. The van der Waals surface area contributed by atoms with Gasteiger partial charge in [-0.05, 0) is 94.7 Å². The summed E-state index contributed by atoms with van der Waals surface area (Å²) >= 11 is 13.1. The Balaban J connectivity index is 0.930. The molecule has 2 atom stereocenters. The van der Waals surface area contributed by atoms with Crippen LogP contribution in [0.3, 0.4) is 0 Å². The van der Waals surface area contributed by atoms with Crippen LogP contribution in [0.2, 0.25) is 10.0 Å². The first-order valence-electron chi connectivity index (χ1n) is 16.6. The van der Waals surface area contributed by atoms with Crippen molar-refractivity contribution in [3.8, 4) is 11.3 Å². The fourth-order valence-corrected chi connectivity index (χ4v) is 8.94. The summed E-state index contributed by atoms with van der Waals surface area (Å²) in [5.74, 6) is 0.432. The molecule has 0 spiro atoms. The lowest BCUT2D eigenvalue weighted by Crippen LogP contribution is -2.50. The van der Waals surface area contributed by atoms with Crippen LogP contribution >= 0.6 is 23.2 Å². The third kappa shape index (κ3) is 6.17. The predicted molar refractivity (Wildman–Crippen MR) is 185 cm³/mol. The van der Waals surface area contributed by atoms with E-state index in [0.29, 0.717) is 76.1 Å². The molecule has 49 heavy (non-hydrogen) atoms. The lowest BCUT2D eigenvalue weighted by Gasteiger charge is -2.38. The first kappa shape index (κ1) is 32.5. The number of ether oxygens (including phenoxy) is 1. The summed E-state index contributed by atoms with van der Waals surface area (Å²) in [6.07, 6.45) is 7.64. The van der Waals surface area contributed by atoms with Gasteiger partial charge in [-0.1, -0.05) is 34.4 Å². The molecule has 2 N–H and O–H groups in total. The molecule has 0 radical (unpaired) electrons. The van der Waals surface area contributed by atoms with Crippen molar-refractivity contribution >= 4 is 61.8 Å². The van der Waals surface area contributed by atoms with Gasteiger partial charge in [0.25, 0.3) is 5.91 Å². The standard InChI is InChI=1S/C35H35Cl2N5O6S/c1-35(11-12-35)49(45,46)41-33(43)21-13-20-14-22(7-10-29(20)38-17-21)39-34(44)42-23-8-9-24(42)16-25(15-23)47-18-26-31(40-48-32(26)19-5-6-19)30-27(36)3-2-4-28(30)37/h2-4,7,10,13-14,17,19,23-25H,5-6,8-9,11-12,15-16,18H2,1H3,(H,39,44)(H,41,43). The van der Waals surface area contributed by atoms with Crippen LogP contribution in [0.25, 0.3) is 22.2 Å². The molecule has 2 aliphatic carbocycles. The number of amides is 3. The van der Waals surface area contributed by atoms with Gasteiger partial charge >= 0.3 is 6.03 Å². The number of fused-ring (bicyclic) bond motifs is 3. The van der Waals surface area contributed by atoms with E-state index in [0.717, 1.165) is 37.0 Å². The highest BCUT2D eigenvalue weighted by molar-refractivity contribution is 7.91. The number of urea groups is 1. The number of aromatic nitrogens is 2. The number of benzene rings is 2. The van der Waals surface area contributed by atoms with Gasteiger partial charge in [-0.15, -0.1) is 0 Å². The summed E-state index contributed by atoms with van der Waals surface area (Å²) in [5, 5.41) is 9.01. The summed E-state index contributed by atoms with van der Waals surface area (Å²) in [6, 6.07) is 12.1. The summed E-state index contributed by atoms with van der Waals surface area (Å²) in [4.78, 5) is 32.7. The number of pyridine rings is 1. The molecule has 2 aliphatic heterocycles. The highest BCUT2D eigenvalue weighted by Crippen LogP contribution is 2.47. The van der Waals surface area contributed by atoms with Gasteiger partial charge in [0, 0.05) is 46.4 Å². The van der Waals surface area contributed by atoms with Crippen molar-refractivity contribution in [3.05, 3.63) is 75.6 Å². The second kappa shape index (κ2) is 12.3. The zero-order valence-electron chi connectivity index (χ0n) is 26.7. The molecule has 2 saturated carbocycles. The number of anilines is 1. The third-order valence-electron chi connectivity index (χ3n) is 10.4. The summed E-state index contributed by atoms with van der Waals surface area (Å²) in [5.41, 5.74) is 3.44. The number of rotatable bonds is 9. The monoisotopic (exact) mass is 723 g/mol. The number of carbonyl (C=O) groups excluding carboxylic acids is 2. The third-order valence-corrected chi connectivity index (χ3v) is 13.2. The Bertz CT molecular complexity index is 2060. The number of halogens is 2. The van der Waals surface area contributed by atoms with E-state index < -0.39 is 20.7 Å². The molecule has 8 rings (SSSR count). The topological polar surface area (TPSA) is 144 Å². The Morgan fingerprint density at radius 3 is 2.43 bits per heavy atom. The molecule has 2 saturated heterocycles. The average molecular weight is 725 g/mol. The van der Waals surface area contributed by atoms with Crippen LogP contribution in [0.5, 0.6) is 0 Å². The normalized spacial score (nSPS) is 22.7. The molecular formula is C35H35Cl2N5O6S. The van der Waals surface area contributed by atoms with Gasteiger partial charge in [0.2, 0.25) is 10.0 Å². The van der Waals surface area contributed by atoms with E-state index in [1.165, 1.54) is 6.20 Å². The second-order valence-corrected chi connectivity index (χ2v) is 16.9. The molecule has 14 heteroatoms. The predicted octanol–water partition coefficient (Wildman–Crippen LogP) is 7.43. The first-order chi connectivity index (χ1) is 23.5. The van der Waals surface area contributed by atoms with Crippen molar-refractivity contribution in [1.29, 1.82) is 0 Å². The molecule has 4 fully saturated rings. The molecule has 2 aromatic carbocycles. The van der Waals surface area contributed by atoms with E-state index in [-0.39, 0.29) is 29.8 Å². The number of hydrogen-bond donors (Lipinski definition) is 2. The minimum absolute atomic E-state index is 0.0271. The molecule has 4 aromatic rings. The molecular weight excluding hydrogens is 689 g/mol. The molecule has 256 valence electrons. The van der Waals surface area contributed by atoms with Crippen molar-refractivity contribution < 1.29 is 27.3 Å². The number of hydrogen-bond acceptors (Lipinski definition) is 8. The first-order valence-corrected chi connectivity index (χ1v) is 18.8. The van der Waals surface area contributed by atoms with Crippen LogP contribution in [0.15, 0.2) is 53.2 Å². The molecule has 3 amide bonds. The van der Waals surface area contributed by atoms with Gasteiger partial charge in [-0.25, -0.2) is 17.9 Å². The van der Waals surface area contributed by atoms with Gasteiger partial charge in [-0.2, -0.15) is 0 Å². The van der Waals surface area contributed by atoms with E-state index in [4.69, 9.17) is 32.5 Å². The van der Waals surface area contributed by atoms with Gasteiger partial charge in [0.1, 0.15) is 11.5 Å². The minimum Gasteiger partial charge on any atom is -0.373 e. The van der Waals surface area contributed by atoms with Crippen molar-refractivity contribution in [2.24, 2.45) is 0 Å². The summed E-state index contributed by atoms with van der Waals surface area (Å²) < 4.78 is 38.7. The second-order valence-electron chi connectivity index (χ2n) is 13.9. The van der Waals surface area contributed by atoms with Crippen LogP contribution in [-0.4, -0.2) is 58.3 Å². The molecule has 2 aromatic heterocycles. The fourth-order valence-electron chi connectivity index (χ4n) is 7.11. The lowest BCUT2D eigenvalue weighted by molar-refractivity contribution is -0.0158. The molecule has 2 bridgehead atoms. The van der Waals surface area contributed by atoms with Crippen molar-refractivity contribution in [3.63, 3.8) is 0 Å². The smallest absolute Gasteiger partial charge is 0.322 e. The Labute approximate surface area is 293 Å².